The molecule has 0 aliphatic carbocycles. The highest BCUT2D eigenvalue weighted by atomic mass is 35.5. The molecule has 1 aliphatic heterocycles. The van der Waals surface area contributed by atoms with Gasteiger partial charge in [0.1, 0.15) is 11.4 Å². The van der Waals surface area contributed by atoms with Crippen molar-refractivity contribution >= 4 is 34.6 Å². The predicted molar refractivity (Wildman–Crippen MR) is 109 cm³/mol. The fourth-order valence-corrected chi connectivity index (χ4v) is 3.54. The Kier molecular flexibility index (Phi) is 5.07. The normalized spacial score (nSPS) is 16.0. The van der Waals surface area contributed by atoms with Crippen molar-refractivity contribution in [3.8, 4) is 0 Å². The summed E-state index contributed by atoms with van der Waals surface area (Å²) < 4.78 is 0. The monoisotopic (exact) mass is 397 g/mol. The van der Waals surface area contributed by atoms with E-state index < -0.39 is 5.62 Å². The Labute approximate surface area is 167 Å². The molecule has 2 aromatic carbocycles. The molecule has 0 radical (unpaired) electrons. The van der Waals surface area contributed by atoms with Gasteiger partial charge in [0.25, 0.3) is 0 Å². The van der Waals surface area contributed by atoms with E-state index in [1.807, 2.05) is 60.7 Å². The van der Waals surface area contributed by atoms with Crippen LogP contribution in [0.4, 0.5) is 5.69 Å². The fourth-order valence-electron chi connectivity index (χ4n) is 3.13. The van der Waals surface area contributed by atoms with Crippen LogP contribution in [-0.4, -0.2) is 21.3 Å². The Morgan fingerprint density at radius 1 is 0.889 bits per heavy atom. The Hall–Kier alpha value is -2.47. The fraction of sp³-hybridized carbons (Fsp3) is 0.150. The number of halogens is 2. The third-order valence-corrected chi connectivity index (χ3v) is 4.86. The molecular formula is C20H17Cl2N5. The summed E-state index contributed by atoms with van der Waals surface area (Å²) >= 11 is 12.6. The molecule has 27 heavy (non-hydrogen) atoms. The molecule has 0 spiro atoms. The van der Waals surface area contributed by atoms with Crippen molar-refractivity contribution < 1.29 is 0 Å². The molecule has 0 saturated carbocycles. The molecule has 0 saturated heterocycles. The quantitative estimate of drug-likeness (QED) is 0.313. The topological polar surface area (TPSA) is 67.4 Å². The van der Waals surface area contributed by atoms with Gasteiger partial charge in [0.05, 0.1) is 11.4 Å². The maximum Gasteiger partial charge on any atom is 0.223 e. The van der Waals surface area contributed by atoms with Gasteiger partial charge in [-0.25, -0.2) is 20.8 Å². The van der Waals surface area contributed by atoms with Crippen LogP contribution in [0.1, 0.15) is 22.5 Å². The molecule has 0 fully saturated rings. The lowest BCUT2D eigenvalue weighted by molar-refractivity contribution is 0.767. The van der Waals surface area contributed by atoms with Gasteiger partial charge < -0.3 is 0 Å². The third-order valence-electron chi connectivity index (χ3n) is 4.38. The molecule has 7 heteroatoms. The van der Waals surface area contributed by atoms with Crippen molar-refractivity contribution in [3.63, 3.8) is 0 Å². The average molecular weight is 398 g/mol. The number of benzene rings is 2. The smallest absolute Gasteiger partial charge is 0.223 e. The summed E-state index contributed by atoms with van der Waals surface area (Å²) in [4.78, 5) is 13.4. The van der Waals surface area contributed by atoms with Crippen LogP contribution >= 0.6 is 23.2 Å². The summed E-state index contributed by atoms with van der Waals surface area (Å²) in [6.07, 6.45) is 1.16. The first kappa shape index (κ1) is 17.9. The van der Waals surface area contributed by atoms with Gasteiger partial charge in [0.2, 0.25) is 10.9 Å². The molecule has 3 aromatic rings. The van der Waals surface area contributed by atoms with Gasteiger partial charge in [-0.05, 0) is 22.7 Å². The number of aromatic nitrogens is 2. The first-order chi connectivity index (χ1) is 13.1. The van der Waals surface area contributed by atoms with Crippen LogP contribution in [0.5, 0.6) is 0 Å². The van der Waals surface area contributed by atoms with Crippen LogP contribution < -0.4 is 10.9 Å². The molecule has 2 heterocycles. The molecule has 1 aliphatic rings. The lowest BCUT2D eigenvalue weighted by Gasteiger charge is -2.30. The molecule has 1 unspecified atom stereocenters. The first-order valence-corrected chi connectivity index (χ1v) is 9.32. The molecule has 5 nitrogen and oxygen atoms in total. The molecule has 0 amide bonds. The van der Waals surface area contributed by atoms with E-state index in [4.69, 9.17) is 29.0 Å². The van der Waals surface area contributed by atoms with Gasteiger partial charge in [-0.2, -0.15) is 0 Å². The summed E-state index contributed by atoms with van der Waals surface area (Å²) in [5, 5.41) is 1.57. The largest absolute Gasteiger partial charge is 0.269 e. The van der Waals surface area contributed by atoms with Crippen LogP contribution in [0.15, 0.2) is 65.7 Å². The van der Waals surface area contributed by atoms with Gasteiger partial charge in [-0.15, -0.1) is 0 Å². The van der Waals surface area contributed by atoms with Crippen molar-refractivity contribution in [1.82, 2.24) is 9.97 Å². The van der Waals surface area contributed by atoms with Crippen molar-refractivity contribution in [1.29, 1.82) is 0 Å². The van der Waals surface area contributed by atoms with E-state index in [-0.39, 0.29) is 5.28 Å². The van der Waals surface area contributed by atoms with Gasteiger partial charge in [-0.1, -0.05) is 72.3 Å². The highest BCUT2D eigenvalue weighted by Crippen LogP contribution is 2.32. The summed E-state index contributed by atoms with van der Waals surface area (Å²) in [7, 11) is 0. The van der Waals surface area contributed by atoms with Gasteiger partial charge in [-0.3, -0.25) is 5.01 Å². The van der Waals surface area contributed by atoms with E-state index >= 15 is 0 Å². The zero-order valence-electron chi connectivity index (χ0n) is 14.4. The molecule has 1 aromatic heterocycles. The van der Waals surface area contributed by atoms with E-state index in [0.717, 1.165) is 22.5 Å². The second-order valence-electron chi connectivity index (χ2n) is 6.26. The van der Waals surface area contributed by atoms with E-state index in [1.54, 1.807) is 0 Å². The minimum Gasteiger partial charge on any atom is -0.269 e. The SMILES string of the molecule is NN1c2c(Cc3ccccc3)nc(Cl)nc2C(Cc2ccccc2)=NC1Cl. The molecule has 1 atom stereocenters. The molecule has 136 valence electrons. The Balaban J connectivity index is 1.78. The highest BCUT2D eigenvalue weighted by molar-refractivity contribution is 6.29. The second-order valence-corrected chi connectivity index (χ2v) is 6.98. The standard InChI is InChI=1S/C20H17Cl2N5/c21-19-24-16(12-14-9-5-2-6-10-14)18-17(26-19)15(25-20(22)27(18)23)11-13-7-3-1-4-8-13/h1-10,20H,11-12,23H2. The number of alkyl halides is 1. The number of nitrogens with zero attached hydrogens (tertiary/aromatic N) is 4. The molecule has 2 N–H and O–H groups in total. The number of nitrogens with two attached hydrogens (primary N) is 1. The molecule has 0 bridgehead atoms. The van der Waals surface area contributed by atoms with Crippen molar-refractivity contribution in [2.75, 3.05) is 5.01 Å². The summed E-state index contributed by atoms with van der Waals surface area (Å²) in [6.45, 7) is 0. The third kappa shape index (κ3) is 3.81. The van der Waals surface area contributed by atoms with Crippen molar-refractivity contribution in [3.05, 3.63) is 88.5 Å². The maximum absolute atomic E-state index is 6.40. The highest BCUT2D eigenvalue weighted by Gasteiger charge is 2.30. The Morgan fingerprint density at radius 3 is 2.11 bits per heavy atom. The second kappa shape index (κ2) is 7.64. The lowest BCUT2D eigenvalue weighted by Crippen LogP contribution is -2.43. The summed E-state index contributed by atoms with van der Waals surface area (Å²) in [5.41, 5.74) is 4.25. The van der Waals surface area contributed by atoms with E-state index in [1.165, 1.54) is 5.01 Å². The van der Waals surface area contributed by atoms with E-state index in [9.17, 15) is 0 Å². The number of hydrogen-bond acceptors (Lipinski definition) is 5. The van der Waals surface area contributed by atoms with Crippen LogP contribution in [0.2, 0.25) is 5.28 Å². The minimum atomic E-state index is -0.726. The molecular weight excluding hydrogens is 381 g/mol. The number of aliphatic imine (C=N–C) groups is 1. The number of anilines is 1. The van der Waals surface area contributed by atoms with Crippen molar-refractivity contribution in [2.45, 2.75) is 18.5 Å². The zero-order valence-corrected chi connectivity index (χ0v) is 15.9. The van der Waals surface area contributed by atoms with Crippen LogP contribution in [0, 0.1) is 0 Å². The predicted octanol–water partition coefficient (Wildman–Crippen LogP) is 3.97. The van der Waals surface area contributed by atoms with Crippen LogP contribution in [0.3, 0.4) is 0 Å². The van der Waals surface area contributed by atoms with E-state index in [2.05, 4.69) is 15.0 Å². The zero-order chi connectivity index (χ0) is 18.8. The lowest BCUT2D eigenvalue weighted by atomic mass is 10.0. The Bertz CT molecular complexity index is 976. The molecule has 4 rings (SSSR count). The number of hydrogen-bond donors (Lipinski definition) is 1. The summed E-state index contributed by atoms with van der Waals surface area (Å²) in [5.74, 6) is 6.22. The number of rotatable bonds is 4. The first-order valence-electron chi connectivity index (χ1n) is 8.51. The maximum atomic E-state index is 6.40. The minimum absolute atomic E-state index is 0.168. The van der Waals surface area contributed by atoms with Gasteiger partial charge in [0.15, 0.2) is 0 Å². The number of hydrazine groups is 1. The van der Waals surface area contributed by atoms with Crippen molar-refractivity contribution in [2.24, 2.45) is 10.8 Å². The van der Waals surface area contributed by atoms with Gasteiger partial charge >= 0.3 is 0 Å². The Morgan fingerprint density at radius 2 is 1.48 bits per heavy atom. The number of fused-ring (bicyclic) bond motifs is 1. The average Bonchev–Trinajstić information content (AvgIpc) is 2.67. The van der Waals surface area contributed by atoms with E-state index in [0.29, 0.717) is 24.2 Å². The summed E-state index contributed by atoms with van der Waals surface area (Å²) in [6, 6.07) is 20.0. The van der Waals surface area contributed by atoms with Gasteiger partial charge in [0, 0.05) is 12.8 Å². The van der Waals surface area contributed by atoms with Crippen LogP contribution in [0.25, 0.3) is 0 Å². The van der Waals surface area contributed by atoms with Crippen LogP contribution in [-0.2, 0) is 12.8 Å².